The molecule has 1 unspecified atom stereocenters. The van der Waals surface area contributed by atoms with Crippen LogP contribution in [0.3, 0.4) is 0 Å². The molecule has 0 spiro atoms. The predicted octanol–water partition coefficient (Wildman–Crippen LogP) is 1.82. The van der Waals surface area contributed by atoms with Crippen molar-refractivity contribution in [2.45, 2.75) is 13.0 Å². The molecule has 1 aromatic carbocycles. The van der Waals surface area contributed by atoms with Crippen LogP contribution in [-0.4, -0.2) is 50.2 Å². The van der Waals surface area contributed by atoms with E-state index in [0.717, 1.165) is 22.1 Å². The van der Waals surface area contributed by atoms with Gasteiger partial charge >= 0.3 is 0 Å². The van der Waals surface area contributed by atoms with Crippen LogP contribution < -0.4 is 5.32 Å². The van der Waals surface area contributed by atoms with E-state index in [4.69, 9.17) is 4.74 Å². The molecule has 4 nitrogen and oxygen atoms in total. The van der Waals surface area contributed by atoms with Gasteiger partial charge in [0.15, 0.2) is 0 Å². The van der Waals surface area contributed by atoms with E-state index < -0.39 is 0 Å². The van der Waals surface area contributed by atoms with Gasteiger partial charge in [-0.25, -0.2) is 0 Å². The van der Waals surface area contributed by atoms with Crippen LogP contribution >= 0.6 is 15.9 Å². The van der Waals surface area contributed by atoms with Crippen molar-refractivity contribution in [3.8, 4) is 0 Å². The maximum atomic E-state index is 12.5. The second-order valence-electron chi connectivity index (χ2n) is 4.74. The molecule has 0 saturated carbocycles. The smallest absolute Gasteiger partial charge is 0.255 e. The van der Waals surface area contributed by atoms with Crippen LogP contribution in [0.2, 0.25) is 0 Å². The van der Waals surface area contributed by atoms with E-state index in [0.29, 0.717) is 19.7 Å². The Morgan fingerprint density at radius 2 is 2.37 bits per heavy atom. The van der Waals surface area contributed by atoms with Crippen LogP contribution in [0.15, 0.2) is 22.7 Å². The van der Waals surface area contributed by atoms with Crippen LogP contribution in [0.4, 0.5) is 0 Å². The maximum absolute atomic E-state index is 12.5. The Hall–Kier alpha value is -0.910. The summed E-state index contributed by atoms with van der Waals surface area (Å²) in [6.45, 7) is 4.64. The van der Waals surface area contributed by atoms with Gasteiger partial charge in [0, 0.05) is 24.1 Å². The van der Waals surface area contributed by atoms with Crippen molar-refractivity contribution in [2.24, 2.45) is 0 Å². The van der Waals surface area contributed by atoms with Crippen LogP contribution in [0, 0.1) is 6.92 Å². The first-order valence-electron chi connectivity index (χ1n) is 6.44. The Labute approximate surface area is 122 Å². The van der Waals surface area contributed by atoms with Gasteiger partial charge in [0.25, 0.3) is 5.91 Å². The first kappa shape index (κ1) is 14.5. The highest BCUT2D eigenvalue weighted by Crippen LogP contribution is 2.23. The number of benzene rings is 1. The van der Waals surface area contributed by atoms with Crippen molar-refractivity contribution < 1.29 is 9.53 Å². The molecule has 0 aromatic heterocycles. The van der Waals surface area contributed by atoms with E-state index in [2.05, 4.69) is 21.2 Å². The van der Waals surface area contributed by atoms with E-state index >= 15 is 0 Å². The molecule has 104 valence electrons. The van der Waals surface area contributed by atoms with E-state index in [1.54, 1.807) is 0 Å². The van der Waals surface area contributed by atoms with Crippen LogP contribution in [0.25, 0.3) is 0 Å². The molecule has 1 saturated heterocycles. The summed E-state index contributed by atoms with van der Waals surface area (Å²) in [5.41, 5.74) is 1.80. The van der Waals surface area contributed by atoms with Gasteiger partial charge in [0.05, 0.1) is 18.3 Å². The Morgan fingerprint density at radius 3 is 3.11 bits per heavy atom. The van der Waals surface area contributed by atoms with E-state index in [1.165, 1.54) is 0 Å². The van der Waals surface area contributed by atoms with Gasteiger partial charge in [-0.1, -0.05) is 12.1 Å². The lowest BCUT2D eigenvalue weighted by Crippen LogP contribution is -2.48. The molecule has 5 heteroatoms. The minimum Gasteiger partial charge on any atom is -0.373 e. The summed E-state index contributed by atoms with van der Waals surface area (Å²) in [5.74, 6) is 0.0694. The molecule has 2 rings (SSSR count). The Bertz CT molecular complexity index is 463. The van der Waals surface area contributed by atoms with Gasteiger partial charge in [-0.05, 0) is 41.5 Å². The molecular weight excluding hydrogens is 308 g/mol. The number of hydrogen-bond donors (Lipinski definition) is 1. The zero-order valence-corrected chi connectivity index (χ0v) is 12.9. The second kappa shape index (κ2) is 6.50. The van der Waals surface area contributed by atoms with Gasteiger partial charge in [0.1, 0.15) is 0 Å². The number of carbonyl (C=O) groups is 1. The molecule has 1 aliphatic heterocycles. The number of rotatable bonds is 3. The van der Waals surface area contributed by atoms with Gasteiger partial charge in [0.2, 0.25) is 0 Å². The predicted molar refractivity (Wildman–Crippen MR) is 78.4 cm³/mol. The molecule has 1 N–H and O–H groups in total. The average Bonchev–Trinajstić information content (AvgIpc) is 2.42. The number of hydrogen-bond acceptors (Lipinski definition) is 3. The summed E-state index contributed by atoms with van der Waals surface area (Å²) in [6, 6.07) is 5.77. The lowest BCUT2D eigenvalue weighted by atomic mass is 10.1. The molecule has 1 fully saturated rings. The largest absolute Gasteiger partial charge is 0.373 e. The summed E-state index contributed by atoms with van der Waals surface area (Å²) in [4.78, 5) is 14.4. The minimum absolute atomic E-state index is 0.0694. The average molecular weight is 327 g/mol. The van der Waals surface area contributed by atoms with Crippen molar-refractivity contribution in [2.75, 3.05) is 33.3 Å². The lowest BCUT2D eigenvalue weighted by molar-refractivity contribution is -0.0196. The molecule has 1 aliphatic rings. The highest BCUT2D eigenvalue weighted by Gasteiger charge is 2.25. The highest BCUT2D eigenvalue weighted by atomic mass is 79.9. The Balaban J connectivity index is 2.12. The standard InChI is InChI=1S/C14H19BrN2O2/c1-10-4-3-5-12(13(10)15)14(18)17-6-7-19-11(9-17)8-16-2/h3-5,11,16H,6-9H2,1-2H3. The number of nitrogens with one attached hydrogen (secondary N) is 1. The van der Waals surface area contributed by atoms with Crippen LogP contribution in [0.1, 0.15) is 15.9 Å². The summed E-state index contributed by atoms with van der Waals surface area (Å²) >= 11 is 3.50. The zero-order chi connectivity index (χ0) is 13.8. The molecule has 0 aliphatic carbocycles. The molecule has 0 bridgehead atoms. The fourth-order valence-electron chi connectivity index (χ4n) is 2.24. The Morgan fingerprint density at radius 1 is 1.58 bits per heavy atom. The monoisotopic (exact) mass is 326 g/mol. The number of aryl methyl sites for hydroxylation is 1. The number of likely N-dealkylation sites (N-methyl/N-ethyl adjacent to an activating group) is 1. The fourth-order valence-corrected chi connectivity index (χ4v) is 2.67. The van der Waals surface area contributed by atoms with Crippen molar-refractivity contribution in [1.29, 1.82) is 0 Å². The third-order valence-corrected chi connectivity index (χ3v) is 4.33. The third-order valence-electron chi connectivity index (χ3n) is 3.28. The molecule has 1 heterocycles. The molecule has 1 amide bonds. The van der Waals surface area contributed by atoms with Crippen molar-refractivity contribution >= 4 is 21.8 Å². The number of morpholine rings is 1. The van der Waals surface area contributed by atoms with Crippen molar-refractivity contribution in [3.05, 3.63) is 33.8 Å². The first-order chi connectivity index (χ1) is 9.13. The highest BCUT2D eigenvalue weighted by molar-refractivity contribution is 9.10. The quantitative estimate of drug-likeness (QED) is 0.921. The summed E-state index contributed by atoms with van der Waals surface area (Å²) in [7, 11) is 1.89. The van der Waals surface area contributed by atoms with E-state index in [9.17, 15) is 4.79 Å². The number of amides is 1. The van der Waals surface area contributed by atoms with Crippen molar-refractivity contribution in [1.82, 2.24) is 10.2 Å². The molecule has 1 atom stereocenters. The zero-order valence-electron chi connectivity index (χ0n) is 11.3. The summed E-state index contributed by atoms with van der Waals surface area (Å²) < 4.78 is 6.51. The maximum Gasteiger partial charge on any atom is 0.255 e. The normalized spacial score (nSPS) is 19.5. The van der Waals surface area contributed by atoms with Gasteiger partial charge in [-0.15, -0.1) is 0 Å². The third kappa shape index (κ3) is 3.35. The second-order valence-corrected chi connectivity index (χ2v) is 5.53. The van der Waals surface area contributed by atoms with E-state index in [1.807, 2.05) is 37.1 Å². The first-order valence-corrected chi connectivity index (χ1v) is 7.23. The summed E-state index contributed by atoms with van der Waals surface area (Å²) in [5, 5.41) is 3.08. The molecular formula is C14H19BrN2O2. The van der Waals surface area contributed by atoms with Gasteiger partial charge in [-0.3, -0.25) is 4.79 Å². The number of ether oxygens (including phenoxy) is 1. The van der Waals surface area contributed by atoms with E-state index in [-0.39, 0.29) is 12.0 Å². The Kier molecular flexibility index (Phi) is 4.96. The number of nitrogens with zero attached hydrogens (tertiary/aromatic N) is 1. The minimum atomic E-state index is 0.0694. The fraction of sp³-hybridized carbons (Fsp3) is 0.500. The van der Waals surface area contributed by atoms with Crippen LogP contribution in [-0.2, 0) is 4.74 Å². The number of halogens is 1. The summed E-state index contributed by atoms with van der Waals surface area (Å²) in [6.07, 6.45) is 0.0753. The van der Waals surface area contributed by atoms with Gasteiger partial charge < -0.3 is 15.0 Å². The SMILES string of the molecule is CNCC1CN(C(=O)c2cccc(C)c2Br)CCO1. The van der Waals surface area contributed by atoms with Gasteiger partial charge in [-0.2, -0.15) is 0 Å². The van der Waals surface area contributed by atoms with Crippen LogP contribution in [0.5, 0.6) is 0 Å². The topological polar surface area (TPSA) is 41.6 Å². The lowest BCUT2D eigenvalue weighted by Gasteiger charge is -2.33. The molecule has 19 heavy (non-hydrogen) atoms. The molecule has 1 aromatic rings. The van der Waals surface area contributed by atoms with Crippen molar-refractivity contribution in [3.63, 3.8) is 0 Å². The molecule has 0 radical (unpaired) electrons. The number of carbonyl (C=O) groups excluding carboxylic acids is 1.